The van der Waals surface area contributed by atoms with E-state index in [1.54, 1.807) is 0 Å². The van der Waals surface area contributed by atoms with Gasteiger partial charge in [0.05, 0.1) is 0 Å². The summed E-state index contributed by atoms with van der Waals surface area (Å²) in [6.07, 6.45) is 6.95. The van der Waals surface area contributed by atoms with Crippen LogP contribution in [-0.2, 0) is 4.79 Å². The Bertz CT molecular complexity index is 466. The Labute approximate surface area is 126 Å². The number of carbonyl (C=O) groups excluding carboxylic acids is 1. The van der Waals surface area contributed by atoms with E-state index >= 15 is 0 Å². The highest BCUT2D eigenvalue weighted by Gasteiger charge is 2.31. The average molecular weight is 292 g/mol. The van der Waals surface area contributed by atoms with Gasteiger partial charge in [-0.05, 0) is 43.4 Å². The highest BCUT2D eigenvalue weighted by Crippen LogP contribution is 2.32. The summed E-state index contributed by atoms with van der Waals surface area (Å²) in [6.45, 7) is 1.83. The van der Waals surface area contributed by atoms with Gasteiger partial charge in [0.25, 0.3) is 0 Å². The van der Waals surface area contributed by atoms with E-state index in [0.717, 1.165) is 37.4 Å². The first kappa shape index (κ1) is 13.9. The van der Waals surface area contributed by atoms with E-state index in [9.17, 15) is 4.79 Å². The number of carbonyl (C=O) groups is 1. The van der Waals surface area contributed by atoms with Crippen molar-refractivity contribution in [2.45, 2.75) is 44.4 Å². The normalized spacial score (nSPS) is 24.1. The average Bonchev–Trinajstić information content (AvgIpc) is 2.63. The number of hydrogen-bond donors (Lipinski definition) is 0. The molecule has 1 amide bonds. The number of benzene rings is 1. The summed E-state index contributed by atoms with van der Waals surface area (Å²) in [7, 11) is 0. The molecular formula is C17H22ClNO. The summed E-state index contributed by atoms with van der Waals surface area (Å²) in [5, 5.41) is 0.782. The third-order valence-corrected chi connectivity index (χ3v) is 5.03. The third kappa shape index (κ3) is 3.01. The molecule has 20 heavy (non-hydrogen) atoms. The second kappa shape index (κ2) is 6.17. The van der Waals surface area contributed by atoms with Gasteiger partial charge in [-0.2, -0.15) is 0 Å². The molecular weight excluding hydrogens is 270 g/mol. The van der Waals surface area contributed by atoms with E-state index in [0.29, 0.717) is 17.7 Å². The zero-order chi connectivity index (χ0) is 13.9. The number of nitrogens with zero attached hydrogens (tertiary/aromatic N) is 1. The van der Waals surface area contributed by atoms with Crippen LogP contribution >= 0.6 is 11.6 Å². The molecule has 1 aromatic rings. The highest BCUT2D eigenvalue weighted by atomic mass is 35.5. The highest BCUT2D eigenvalue weighted by molar-refractivity contribution is 6.30. The molecule has 2 aliphatic rings. The lowest BCUT2D eigenvalue weighted by Crippen LogP contribution is -2.40. The van der Waals surface area contributed by atoms with Gasteiger partial charge < -0.3 is 4.90 Å². The first-order chi connectivity index (χ1) is 9.74. The van der Waals surface area contributed by atoms with Gasteiger partial charge in [-0.1, -0.05) is 36.6 Å². The minimum Gasteiger partial charge on any atom is -0.342 e. The van der Waals surface area contributed by atoms with E-state index in [2.05, 4.69) is 17.0 Å². The Morgan fingerprint density at radius 2 is 1.80 bits per heavy atom. The Balaban J connectivity index is 1.71. The maximum atomic E-state index is 12.5. The quantitative estimate of drug-likeness (QED) is 0.798. The van der Waals surface area contributed by atoms with Crippen molar-refractivity contribution in [2.75, 3.05) is 13.1 Å². The van der Waals surface area contributed by atoms with Crippen LogP contribution in [0, 0.1) is 5.92 Å². The molecule has 1 unspecified atom stereocenters. The zero-order valence-electron chi connectivity index (χ0n) is 11.9. The predicted octanol–water partition coefficient (Wildman–Crippen LogP) is 4.24. The van der Waals surface area contributed by atoms with Crippen LogP contribution in [0.25, 0.3) is 0 Å². The number of rotatable bonds is 2. The maximum absolute atomic E-state index is 12.5. The largest absolute Gasteiger partial charge is 0.342 e. The van der Waals surface area contributed by atoms with Crippen molar-refractivity contribution in [3.8, 4) is 0 Å². The molecule has 1 heterocycles. The lowest BCUT2D eigenvalue weighted by atomic mass is 9.84. The van der Waals surface area contributed by atoms with Crippen molar-refractivity contribution in [3.05, 3.63) is 34.9 Å². The first-order valence-corrected chi connectivity index (χ1v) is 8.16. The Morgan fingerprint density at radius 1 is 1.05 bits per heavy atom. The molecule has 0 spiro atoms. The number of likely N-dealkylation sites (tertiary alicyclic amines) is 1. The molecule has 3 rings (SSSR count). The summed E-state index contributed by atoms with van der Waals surface area (Å²) in [4.78, 5) is 14.6. The van der Waals surface area contributed by atoms with Crippen molar-refractivity contribution in [1.29, 1.82) is 0 Å². The summed E-state index contributed by atoms with van der Waals surface area (Å²) in [5.41, 5.74) is 1.32. The summed E-state index contributed by atoms with van der Waals surface area (Å²) in [6, 6.07) is 8.15. The van der Waals surface area contributed by atoms with Crippen molar-refractivity contribution in [1.82, 2.24) is 4.90 Å². The minimum absolute atomic E-state index is 0.318. The topological polar surface area (TPSA) is 20.3 Å². The molecule has 1 saturated heterocycles. The second-order valence-electron chi connectivity index (χ2n) is 6.16. The van der Waals surface area contributed by atoms with E-state index < -0.39 is 0 Å². The lowest BCUT2D eigenvalue weighted by molar-refractivity contribution is -0.138. The van der Waals surface area contributed by atoms with Crippen molar-refractivity contribution >= 4 is 17.5 Å². The summed E-state index contributed by atoms with van der Waals surface area (Å²) >= 11 is 5.97. The molecule has 0 bridgehead atoms. The summed E-state index contributed by atoms with van der Waals surface area (Å²) in [5.74, 6) is 1.19. The standard InChI is InChI=1S/C17H22ClNO/c18-16-9-7-13(8-10-16)15-4-1-2-11-19(12-15)17(20)14-5-3-6-14/h7-10,14-15H,1-6,11-12H2. The minimum atomic E-state index is 0.318. The van der Waals surface area contributed by atoms with E-state index in [-0.39, 0.29) is 0 Å². The van der Waals surface area contributed by atoms with Crippen LogP contribution in [0.1, 0.15) is 50.0 Å². The molecule has 0 radical (unpaired) electrons. The molecule has 2 nitrogen and oxygen atoms in total. The Morgan fingerprint density at radius 3 is 2.45 bits per heavy atom. The van der Waals surface area contributed by atoms with Crippen LogP contribution in [0.4, 0.5) is 0 Å². The molecule has 3 heteroatoms. The van der Waals surface area contributed by atoms with Crippen molar-refractivity contribution < 1.29 is 4.79 Å². The van der Waals surface area contributed by atoms with Gasteiger partial charge in [0.15, 0.2) is 0 Å². The van der Waals surface area contributed by atoms with Gasteiger partial charge in [0, 0.05) is 29.9 Å². The molecule has 1 aliphatic carbocycles. The van der Waals surface area contributed by atoms with Crippen molar-refractivity contribution in [3.63, 3.8) is 0 Å². The zero-order valence-corrected chi connectivity index (χ0v) is 12.6. The fourth-order valence-corrected chi connectivity index (χ4v) is 3.39. The van der Waals surface area contributed by atoms with Crippen LogP contribution in [-0.4, -0.2) is 23.9 Å². The van der Waals surface area contributed by atoms with Gasteiger partial charge >= 0.3 is 0 Å². The van der Waals surface area contributed by atoms with Gasteiger partial charge in [0.2, 0.25) is 5.91 Å². The predicted molar refractivity (Wildman–Crippen MR) is 82.0 cm³/mol. The van der Waals surface area contributed by atoms with Crippen molar-refractivity contribution in [2.24, 2.45) is 5.92 Å². The van der Waals surface area contributed by atoms with Gasteiger partial charge in [0.1, 0.15) is 0 Å². The van der Waals surface area contributed by atoms with Crippen LogP contribution in [0.5, 0.6) is 0 Å². The molecule has 2 fully saturated rings. The monoisotopic (exact) mass is 291 g/mol. The SMILES string of the molecule is O=C(C1CCC1)N1CCCCC(c2ccc(Cl)cc2)C1. The van der Waals surface area contributed by atoms with E-state index in [1.807, 2.05) is 12.1 Å². The second-order valence-corrected chi connectivity index (χ2v) is 6.59. The fourth-order valence-electron chi connectivity index (χ4n) is 3.26. The molecule has 0 N–H and O–H groups in total. The van der Waals surface area contributed by atoms with Crippen LogP contribution in [0.15, 0.2) is 24.3 Å². The molecule has 1 atom stereocenters. The molecule has 1 saturated carbocycles. The summed E-state index contributed by atoms with van der Waals surface area (Å²) < 4.78 is 0. The Kier molecular flexibility index (Phi) is 4.30. The number of halogens is 1. The molecule has 1 aliphatic heterocycles. The smallest absolute Gasteiger partial charge is 0.225 e. The van der Waals surface area contributed by atoms with E-state index in [1.165, 1.54) is 24.8 Å². The third-order valence-electron chi connectivity index (χ3n) is 4.78. The fraction of sp³-hybridized carbons (Fsp3) is 0.588. The lowest BCUT2D eigenvalue weighted by Gasteiger charge is -2.32. The first-order valence-electron chi connectivity index (χ1n) is 7.78. The maximum Gasteiger partial charge on any atom is 0.225 e. The molecule has 108 valence electrons. The van der Waals surface area contributed by atoms with Crippen LogP contribution in [0.2, 0.25) is 5.02 Å². The Hall–Kier alpha value is -1.02. The van der Waals surface area contributed by atoms with Crippen LogP contribution < -0.4 is 0 Å². The van der Waals surface area contributed by atoms with Gasteiger partial charge in [-0.3, -0.25) is 4.79 Å². The van der Waals surface area contributed by atoms with Gasteiger partial charge in [-0.15, -0.1) is 0 Å². The van der Waals surface area contributed by atoms with Crippen LogP contribution in [0.3, 0.4) is 0 Å². The van der Waals surface area contributed by atoms with E-state index in [4.69, 9.17) is 11.6 Å². The number of amides is 1. The molecule has 0 aromatic heterocycles. The van der Waals surface area contributed by atoms with Gasteiger partial charge in [-0.25, -0.2) is 0 Å². The molecule has 1 aromatic carbocycles. The number of hydrogen-bond acceptors (Lipinski definition) is 1.